The number of ketones is 1. The first-order chi connectivity index (χ1) is 6.99. The molecule has 0 bridgehead atoms. The Kier molecular flexibility index (Phi) is 2.41. The number of carbonyl (C=O) groups is 2. The van der Waals surface area contributed by atoms with Gasteiger partial charge in [-0.1, -0.05) is 13.8 Å². The van der Waals surface area contributed by atoms with E-state index in [1.807, 2.05) is 0 Å². The predicted octanol–water partition coefficient (Wildman–Crippen LogP) is 1.86. The van der Waals surface area contributed by atoms with Crippen molar-refractivity contribution in [1.82, 2.24) is 0 Å². The standard InChI is InChI=1S/C12H16O3/c1-12(2)6-5-8(13)7-9(12)10-3-4-11(14)15-10/h3-4,9-10H,5-7H2,1-2H3. The molecule has 0 N–H and O–H groups in total. The lowest BCUT2D eigenvalue weighted by Gasteiger charge is -2.40. The van der Waals surface area contributed by atoms with Gasteiger partial charge in [0.05, 0.1) is 0 Å². The Morgan fingerprint density at radius 3 is 2.73 bits per heavy atom. The summed E-state index contributed by atoms with van der Waals surface area (Å²) in [7, 11) is 0. The predicted molar refractivity (Wildman–Crippen MR) is 55.1 cm³/mol. The Bertz CT molecular complexity index is 328. The maximum atomic E-state index is 11.4. The van der Waals surface area contributed by atoms with Crippen molar-refractivity contribution in [1.29, 1.82) is 0 Å². The first-order valence-corrected chi connectivity index (χ1v) is 5.39. The molecule has 3 heteroatoms. The molecule has 1 saturated carbocycles. The van der Waals surface area contributed by atoms with Crippen LogP contribution in [0, 0.1) is 11.3 Å². The number of ether oxygens (including phenoxy) is 1. The largest absolute Gasteiger partial charge is 0.455 e. The van der Waals surface area contributed by atoms with Gasteiger partial charge < -0.3 is 4.74 Å². The molecule has 1 heterocycles. The third kappa shape index (κ3) is 1.96. The number of rotatable bonds is 1. The van der Waals surface area contributed by atoms with E-state index in [1.165, 1.54) is 6.08 Å². The first kappa shape index (κ1) is 10.4. The summed E-state index contributed by atoms with van der Waals surface area (Å²) < 4.78 is 5.18. The number of esters is 1. The lowest BCUT2D eigenvalue weighted by atomic mass is 9.66. The van der Waals surface area contributed by atoms with Crippen molar-refractivity contribution in [3.8, 4) is 0 Å². The summed E-state index contributed by atoms with van der Waals surface area (Å²) in [5.41, 5.74) is 0.0769. The van der Waals surface area contributed by atoms with Crippen LogP contribution in [0.1, 0.15) is 33.1 Å². The van der Waals surface area contributed by atoms with Crippen LogP contribution in [-0.2, 0) is 14.3 Å². The zero-order chi connectivity index (χ0) is 11.1. The Morgan fingerprint density at radius 2 is 2.13 bits per heavy atom. The average molecular weight is 208 g/mol. The molecule has 2 unspecified atom stereocenters. The molecule has 15 heavy (non-hydrogen) atoms. The zero-order valence-electron chi connectivity index (χ0n) is 9.16. The smallest absolute Gasteiger partial charge is 0.331 e. The van der Waals surface area contributed by atoms with Gasteiger partial charge in [0.2, 0.25) is 0 Å². The van der Waals surface area contributed by atoms with E-state index in [4.69, 9.17) is 4.74 Å². The molecule has 0 aromatic carbocycles. The summed E-state index contributed by atoms with van der Waals surface area (Å²) in [5, 5.41) is 0. The number of cyclic esters (lactones) is 1. The van der Waals surface area contributed by atoms with Crippen LogP contribution >= 0.6 is 0 Å². The molecule has 3 nitrogen and oxygen atoms in total. The maximum Gasteiger partial charge on any atom is 0.331 e. The average Bonchev–Trinajstić information content (AvgIpc) is 2.56. The van der Waals surface area contributed by atoms with Crippen molar-refractivity contribution < 1.29 is 14.3 Å². The normalized spacial score (nSPS) is 34.3. The second kappa shape index (κ2) is 3.47. The third-order valence-corrected chi connectivity index (χ3v) is 3.57. The summed E-state index contributed by atoms with van der Waals surface area (Å²) in [6, 6.07) is 0. The highest BCUT2D eigenvalue weighted by atomic mass is 16.5. The lowest BCUT2D eigenvalue weighted by Crippen LogP contribution is -2.39. The van der Waals surface area contributed by atoms with Gasteiger partial charge in [0.15, 0.2) is 0 Å². The number of hydrogen-bond donors (Lipinski definition) is 0. The molecule has 0 amide bonds. The second-order valence-corrected chi connectivity index (χ2v) is 5.10. The van der Waals surface area contributed by atoms with Gasteiger partial charge in [-0.05, 0) is 17.9 Å². The fourth-order valence-corrected chi connectivity index (χ4v) is 2.43. The number of carbonyl (C=O) groups excluding carboxylic acids is 2. The molecule has 2 aliphatic rings. The van der Waals surface area contributed by atoms with Gasteiger partial charge in [-0.2, -0.15) is 0 Å². The second-order valence-electron chi connectivity index (χ2n) is 5.10. The van der Waals surface area contributed by atoms with Crippen LogP contribution in [-0.4, -0.2) is 17.9 Å². The van der Waals surface area contributed by atoms with Crippen LogP contribution in [0.3, 0.4) is 0 Å². The van der Waals surface area contributed by atoms with Gasteiger partial charge in [0.25, 0.3) is 0 Å². The van der Waals surface area contributed by atoms with E-state index in [2.05, 4.69) is 13.8 Å². The molecule has 0 saturated heterocycles. The lowest BCUT2D eigenvalue weighted by molar-refractivity contribution is -0.145. The highest BCUT2D eigenvalue weighted by Gasteiger charge is 2.42. The van der Waals surface area contributed by atoms with Crippen molar-refractivity contribution in [2.45, 2.75) is 39.2 Å². The van der Waals surface area contributed by atoms with Crippen molar-refractivity contribution in [3.05, 3.63) is 12.2 Å². The van der Waals surface area contributed by atoms with Crippen LogP contribution in [0.15, 0.2) is 12.2 Å². The third-order valence-electron chi connectivity index (χ3n) is 3.57. The molecule has 0 aromatic rings. The van der Waals surface area contributed by atoms with Gasteiger partial charge in [-0.3, -0.25) is 4.79 Å². The van der Waals surface area contributed by atoms with Crippen LogP contribution in [0.4, 0.5) is 0 Å². The number of Topliss-reactive ketones (excluding diaryl/α,β-unsaturated/α-hetero) is 1. The summed E-state index contributed by atoms with van der Waals surface area (Å²) >= 11 is 0. The van der Waals surface area contributed by atoms with Crippen LogP contribution in [0.5, 0.6) is 0 Å². The molecular weight excluding hydrogens is 192 g/mol. The summed E-state index contributed by atoms with van der Waals surface area (Å²) in [6.45, 7) is 4.29. The van der Waals surface area contributed by atoms with Gasteiger partial charge in [-0.25, -0.2) is 4.79 Å². The Hall–Kier alpha value is -1.12. The van der Waals surface area contributed by atoms with E-state index in [0.717, 1.165) is 6.42 Å². The zero-order valence-corrected chi connectivity index (χ0v) is 9.16. The van der Waals surface area contributed by atoms with Gasteiger partial charge >= 0.3 is 5.97 Å². The van der Waals surface area contributed by atoms with E-state index < -0.39 is 0 Å². The molecule has 2 atom stereocenters. The highest BCUT2D eigenvalue weighted by Crippen LogP contribution is 2.43. The van der Waals surface area contributed by atoms with Crippen molar-refractivity contribution in [2.75, 3.05) is 0 Å². The maximum absolute atomic E-state index is 11.4. The topological polar surface area (TPSA) is 43.4 Å². The minimum absolute atomic E-state index is 0.0769. The minimum atomic E-state index is -0.283. The molecule has 1 fully saturated rings. The molecular formula is C12H16O3. The van der Waals surface area contributed by atoms with Crippen molar-refractivity contribution in [3.63, 3.8) is 0 Å². The highest BCUT2D eigenvalue weighted by molar-refractivity contribution is 5.85. The van der Waals surface area contributed by atoms with Crippen molar-refractivity contribution >= 4 is 11.8 Å². The molecule has 82 valence electrons. The Labute approximate surface area is 89.5 Å². The molecule has 0 radical (unpaired) electrons. The summed E-state index contributed by atoms with van der Waals surface area (Å²) in [6.07, 6.45) is 5.13. The molecule has 1 aliphatic heterocycles. The monoisotopic (exact) mass is 208 g/mol. The summed E-state index contributed by atoms with van der Waals surface area (Å²) in [4.78, 5) is 22.4. The van der Waals surface area contributed by atoms with Crippen LogP contribution < -0.4 is 0 Å². The van der Waals surface area contributed by atoms with E-state index in [0.29, 0.717) is 12.8 Å². The van der Waals surface area contributed by atoms with E-state index >= 15 is 0 Å². The van der Waals surface area contributed by atoms with Crippen LogP contribution in [0.25, 0.3) is 0 Å². The van der Waals surface area contributed by atoms with Crippen LogP contribution in [0.2, 0.25) is 0 Å². The molecule has 0 aromatic heterocycles. The minimum Gasteiger partial charge on any atom is -0.455 e. The molecule has 1 aliphatic carbocycles. The first-order valence-electron chi connectivity index (χ1n) is 5.39. The summed E-state index contributed by atoms with van der Waals surface area (Å²) in [5.74, 6) is 0.144. The Balaban J connectivity index is 2.15. The quantitative estimate of drug-likeness (QED) is 0.618. The molecule has 0 spiro atoms. The van der Waals surface area contributed by atoms with Gasteiger partial charge in [0.1, 0.15) is 11.9 Å². The SMILES string of the molecule is CC1(C)CCC(=O)CC1C1C=CC(=O)O1. The van der Waals surface area contributed by atoms with Crippen molar-refractivity contribution in [2.24, 2.45) is 11.3 Å². The fourth-order valence-electron chi connectivity index (χ4n) is 2.43. The molecule has 2 rings (SSSR count). The van der Waals surface area contributed by atoms with E-state index in [9.17, 15) is 9.59 Å². The number of hydrogen-bond acceptors (Lipinski definition) is 3. The fraction of sp³-hybridized carbons (Fsp3) is 0.667. The van der Waals surface area contributed by atoms with Gasteiger partial charge in [0, 0.05) is 24.8 Å². The van der Waals surface area contributed by atoms with Gasteiger partial charge in [-0.15, -0.1) is 0 Å². The Morgan fingerprint density at radius 1 is 1.40 bits per heavy atom. The van der Waals surface area contributed by atoms with E-state index in [1.54, 1.807) is 6.08 Å². The van der Waals surface area contributed by atoms with E-state index in [-0.39, 0.29) is 29.2 Å².